The Balaban J connectivity index is 2.48. The molecule has 0 saturated heterocycles. The van der Waals surface area contributed by atoms with Crippen LogP contribution < -0.4 is 19.8 Å². The Hall–Kier alpha value is -1.09. The van der Waals surface area contributed by atoms with Gasteiger partial charge < -0.3 is 18.4 Å². The summed E-state index contributed by atoms with van der Waals surface area (Å²) in [7, 11) is 1.71. The Morgan fingerprint density at radius 3 is 2.93 bits per heavy atom. The average molecular weight is 247 g/mol. The standard InChI is InChI=1S/C7H7NO5P2/c8-10-4-1-3(7(9)11-14)2-5-6(4)13-15-12-5/h1-2,15H,8,14H2. The third kappa shape index (κ3) is 1.84. The van der Waals surface area contributed by atoms with Crippen molar-refractivity contribution in [3.05, 3.63) is 17.7 Å². The summed E-state index contributed by atoms with van der Waals surface area (Å²) in [4.78, 5) is 15.8. The van der Waals surface area contributed by atoms with Crippen molar-refractivity contribution >= 4 is 24.5 Å². The molecule has 0 bridgehead atoms. The summed E-state index contributed by atoms with van der Waals surface area (Å²) in [6.07, 6.45) is 0. The molecule has 1 aromatic carbocycles. The maximum absolute atomic E-state index is 11.2. The first-order chi connectivity index (χ1) is 7.26. The van der Waals surface area contributed by atoms with Crippen LogP contribution in [0.1, 0.15) is 10.4 Å². The van der Waals surface area contributed by atoms with E-state index in [1.165, 1.54) is 12.1 Å². The van der Waals surface area contributed by atoms with Crippen molar-refractivity contribution < 1.29 is 23.2 Å². The van der Waals surface area contributed by atoms with Gasteiger partial charge in [-0.15, -0.1) is 0 Å². The summed E-state index contributed by atoms with van der Waals surface area (Å²) < 4.78 is 14.7. The van der Waals surface area contributed by atoms with E-state index in [-0.39, 0.29) is 20.3 Å². The average Bonchev–Trinajstić information content (AvgIpc) is 2.74. The zero-order chi connectivity index (χ0) is 10.8. The van der Waals surface area contributed by atoms with Crippen molar-refractivity contribution in [1.82, 2.24) is 0 Å². The van der Waals surface area contributed by atoms with Crippen LogP contribution in [0.4, 0.5) is 0 Å². The molecule has 2 rings (SSSR count). The minimum Gasteiger partial charge on any atom is -0.448 e. The van der Waals surface area contributed by atoms with Gasteiger partial charge in [-0.3, -0.25) is 0 Å². The van der Waals surface area contributed by atoms with Gasteiger partial charge in [0.25, 0.3) is 9.03 Å². The zero-order valence-electron chi connectivity index (χ0n) is 7.35. The second kappa shape index (κ2) is 4.19. The number of carbonyl (C=O) groups is 1. The van der Waals surface area contributed by atoms with E-state index in [1.807, 2.05) is 9.47 Å². The molecule has 1 aromatic rings. The molecule has 80 valence electrons. The summed E-state index contributed by atoms with van der Waals surface area (Å²) in [6.45, 7) is 0. The fourth-order valence-corrected chi connectivity index (χ4v) is 1.84. The van der Waals surface area contributed by atoms with Gasteiger partial charge >= 0.3 is 5.97 Å². The monoisotopic (exact) mass is 247 g/mol. The molecule has 0 radical (unpaired) electrons. The van der Waals surface area contributed by atoms with Crippen molar-refractivity contribution in [2.24, 2.45) is 5.90 Å². The van der Waals surface area contributed by atoms with Crippen LogP contribution in [0.15, 0.2) is 12.1 Å². The molecule has 0 amide bonds. The van der Waals surface area contributed by atoms with E-state index in [0.717, 1.165) is 0 Å². The first kappa shape index (κ1) is 10.4. The van der Waals surface area contributed by atoms with E-state index in [1.54, 1.807) is 0 Å². The third-order valence-corrected chi connectivity index (χ3v) is 2.59. The Labute approximate surface area is 89.2 Å². The number of carbonyl (C=O) groups excluding carboxylic acids is 1. The van der Waals surface area contributed by atoms with Crippen LogP contribution in [-0.4, -0.2) is 5.97 Å². The molecule has 0 fully saturated rings. The minimum absolute atomic E-state index is 0.157. The maximum atomic E-state index is 11.2. The number of rotatable bonds is 2. The van der Waals surface area contributed by atoms with Crippen molar-refractivity contribution in [3.8, 4) is 17.2 Å². The molecule has 0 spiro atoms. The molecule has 1 aliphatic rings. The van der Waals surface area contributed by atoms with E-state index in [9.17, 15) is 4.79 Å². The molecule has 2 N–H and O–H groups in total. The number of hydrogen-bond acceptors (Lipinski definition) is 6. The summed E-state index contributed by atoms with van der Waals surface area (Å²) in [5.41, 5.74) is 0.277. The van der Waals surface area contributed by atoms with Crippen LogP contribution >= 0.6 is 18.5 Å². The molecular weight excluding hydrogens is 240 g/mol. The van der Waals surface area contributed by atoms with Gasteiger partial charge in [0.2, 0.25) is 5.75 Å². The number of hydrogen-bond donors (Lipinski definition) is 1. The van der Waals surface area contributed by atoms with Gasteiger partial charge in [0.05, 0.1) is 15.0 Å². The second-order valence-electron chi connectivity index (χ2n) is 2.61. The molecule has 0 aromatic heterocycles. The van der Waals surface area contributed by atoms with Gasteiger partial charge in [0.1, 0.15) is 0 Å². The van der Waals surface area contributed by atoms with Gasteiger partial charge in [-0.05, 0) is 6.07 Å². The van der Waals surface area contributed by atoms with E-state index < -0.39 is 5.97 Å². The lowest BCUT2D eigenvalue weighted by molar-refractivity contribution is 0.0765. The molecule has 6 nitrogen and oxygen atoms in total. The van der Waals surface area contributed by atoms with E-state index >= 15 is 0 Å². The van der Waals surface area contributed by atoms with E-state index in [0.29, 0.717) is 11.5 Å². The quantitative estimate of drug-likeness (QED) is 0.624. The molecule has 1 heterocycles. The fourth-order valence-electron chi connectivity index (χ4n) is 1.13. The smallest absolute Gasteiger partial charge is 0.340 e. The molecular formula is C7H7NO5P2. The molecule has 15 heavy (non-hydrogen) atoms. The van der Waals surface area contributed by atoms with Gasteiger partial charge in [0.15, 0.2) is 11.5 Å². The normalized spacial score (nSPS) is 14.0. The lowest BCUT2D eigenvalue weighted by Gasteiger charge is -2.05. The van der Waals surface area contributed by atoms with Crippen LogP contribution in [0.25, 0.3) is 0 Å². The maximum Gasteiger partial charge on any atom is 0.340 e. The summed E-state index contributed by atoms with van der Waals surface area (Å²) >= 11 is 0. The highest BCUT2D eigenvalue weighted by Crippen LogP contribution is 2.48. The van der Waals surface area contributed by atoms with Crippen LogP contribution in [0.3, 0.4) is 0 Å². The Morgan fingerprint density at radius 2 is 2.27 bits per heavy atom. The fraction of sp³-hybridized carbons (Fsp3) is 0. The molecule has 8 heteroatoms. The largest absolute Gasteiger partial charge is 0.448 e. The van der Waals surface area contributed by atoms with Crippen LogP contribution in [0.5, 0.6) is 17.2 Å². The highest BCUT2D eigenvalue weighted by molar-refractivity contribution is 7.27. The topological polar surface area (TPSA) is 80.0 Å². The molecule has 0 saturated carbocycles. The van der Waals surface area contributed by atoms with Crippen molar-refractivity contribution in [2.45, 2.75) is 0 Å². The van der Waals surface area contributed by atoms with Crippen molar-refractivity contribution in [1.29, 1.82) is 0 Å². The summed E-state index contributed by atoms with van der Waals surface area (Å²) in [6, 6.07) is 2.93. The Bertz CT molecular complexity index is 411. The van der Waals surface area contributed by atoms with Gasteiger partial charge in [-0.1, -0.05) is 0 Å². The minimum atomic E-state index is -0.528. The van der Waals surface area contributed by atoms with E-state index in [4.69, 9.17) is 14.9 Å². The first-order valence-corrected chi connectivity index (χ1v) is 5.09. The Kier molecular flexibility index (Phi) is 2.91. The third-order valence-electron chi connectivity index (χ3n) is 1.79. The predicted molar refractivity (Wildman–Crippen MR) is 56.0 cm³/mol. The zero-order valence-corrected chi connectivity index (χ0v) is 9.51. The van der Waals surface area contributed by atoms with Gasteiger partial charge in [0, 0.05) is 6.07 Å². The highest BCUT2D eigenvalue weighted by atomic mass is 31.1. The van der Waals surface area contributed by atoms with Crippen LogP contribution in [0.2, 0.25) is 0 Å². The Morgan fingerprint density at radius 1 is 1.47 bits per heavy atom. The number of nitrogens with two attached hydrogens (primary N) is 1. The van der Waals surface area contributed by atoms with E-state index in [2.05, 4.69) is 9.36 Å². The van der Waals surface area contributed by atoms with Crippen LogP contribution in [-0.2, 0) is 4.52 Å². The number of benzene rings is 1. The van der Waals surface area contributed by atoms with Crippen molar-refractivity contribution in [3.63, 3.8) is 0 Å². The van der Waals surface area contributed by atoms with Crippen molar-refractivity contribution in [2.75, 3.05) is 0 Å². The van der Waals surface area contributed by atoms with Gasteiger partial charge in [-0.25, -0.2) is 4.79 Å². The number of fused-ring (bicyclic) bond motifs is 1. The first-order valence-electron chi connectivity index (χ1n) is 3.80. The summed E-state index contributed by atoms with van der Waals surface area (Å²) in [5, 5.41) is 0. The molecule has 1 aliphatic heterocycles. The molecule has 2 unspecified atom stereocenters. The molecule has 2 atom stereocenters. The highest BCUT2D eigenvalue weighted by Gasteiger charge is 2.23. The second-order valence-corrected chi connectivity index (χ2v) is 3.42. The molecule has 0 aliphatic carbocycles. The summed E-state index contributed by atoms with van der Waals surface area (Å²) in [5.74, 6) is 5.57. The SMILES string of the molecule is NOc1cc(C(=O)OP)cc2c1OPO2. The van der Waals surface area contributed by atoms with Crippen LogP contribution in [0, 0.1) is 0 Å². The lowest BCUT2D eigenvalue weighted by Crippen LogP contribution is -2.05. The van der Waals surface area contributed by atoms with Gasteiger partial charge in [-0.2, -0.15) is 5.90 Å². The predicted octanol–water partition coefficient (Wildman–Crippen LogP) is 1.17. The lowest BCUT2D eigenvalue weighted by atomic mass is 10.2.